The highest BCUT2D eigenvalue weighted by Crippen LogP contribution is 2.34. The van der Waals surface area contributed by atoms with E-state index in [9.17, 15) is 4.39 Å². The van der Waals surface area contributed by atoms with Gasteiger partial charge in [-0.05, 0) is 42.7 Å². The van der Waals surface area contributed by atoms with Crippen LogP contribution in [0.2, 0.25) is 0 Å². The minimum absolute atomic E-state index is 0. The lowest BCUT2D eigenvalue weighted by molar-refractivity contribution is 0.0782. The van der Waals surface area contributed by atoms with Crippen molar-refractivity contribution in [3.63, 3.8) is 0 Å². The summed E-state index contributed by atoms with van der Waals surface area (Å²) < 4.78 is 18.7. The van der Waals surface area contributed by atoms with Crippen molar-refractivity contribution in [2.24, 2.45) is 4.99 Å². The first-order chi connectivity index (χ1) is 11.7. The van der Waals surface area contributed by atoms with Gasteiger partial charge in [-0.1, -0.05) is 19.1 Å². The predicted octanol–water partition coefficient (Wildman–Crippen LogP) is 3.45. The summed E-state index contributed by atoms with van der Waals surface area (Å²) in [5.74, 6) is 1.73. The maximum atomic E-state index is 12.9. The molecule has 0 radical (unpaired) electrons. The summed E-state index contributed by atoms with van der Waals surface area (Å²) in [5.41, 5.74) is 1.11. The quantitative estimate of drug-likeness (QED) is 0.356. The van der Waals surface area contributed by atoms with E-state index in [1.165, 1.54) is 12.1 Å². The largest absolute Gasteiger partial charge is 0.381 e. The predicted molar refractivity (Wildman–Crippen MR) is 116 cm³/mol. The van der Waals surface area contributed by atoms with Crippen LogP contribution in [-0.2, 0) is 11.2 Å². The molecule has 0 aromatic heterocycles. The highest BCUT2D eigenvalue weighted by molar-refractivity contribution is 14.0. The Labute approximate surface area is 171 Å². The number of guanidine groups is 1. The van der Waals surface area contributed by atoms with E-state index in [4.69, 9.17) is 4.74 Å². The third kappa shape index (κ3) is 7.70. The lowest BCUT2D eigenvalue weighted by atomic mass is 9.99. The highest BCUT2D eigenvalue weighted by Gasteiger charge is 2.32. The third-order valence-corrected chi connectivity index (χ3v) is 5.73. The normalized spacial score (nSPS) is 16.8. The molecule has 0 atom stereocenters. The van der Waals surface area contributed by atoms with Gasteiger partial charge in [-0.15, -0.1) is 24.0 Å². The molecular formula is C18H29FIN3OS. The van der Waals surface area contributed by atoms with E-state index in [1.807, 2.05) is 23.9 Å². The molecule has 0 saturated carbocycles. The number of benzene rings is 1. The summed E-state index contributed by atoms with van der Waals surface area (Å²) in [6, 6.07) is 6.64. The van der Waals surface area contributed by atoms with E-state index in [0.717, 1.165) is 62.8 Å². The first-order valence-electron chi connectivity index (χ1n) is 8.58. The Bertz CT molecular complexity index is 516. The average Bonchev–Trinajstić information content (AvgIpc) is 2.61. The maximum Gasteiger partial charge on any atom is 0.191 e. The van der Waals surface area contributed by atoms with Gasteiger partial charge in [-0.3, -0.25) is 4.99 Å². The van der Waals surface area contributed by atoms with E-state index in [2.05, 4.69) is 22.5 Å². The summed E-state index contributed by atoms with van der Waals surface area (Å²) in [6.45, 7) is 5.54. The molecule has 1 aromatic carbocycles. The molecule has 4 nitrogen and oxygen atoms in total. The zero-order valence-corrected chi connectivity index (χ0v) is 18.2. The van der Waals surface area contributed by atoms with Crippen LogP contribution in [0.25, 0.3) is 0 Å². The van der Waals surface area contributed by atoms with Gasteiger partial charge in [0.15, 0.2) is 5.96 Å². The Balaban J connectivity index is 0.00000312. The topological polar surface area (TPSA) is 45.7 Å². The number of rotatable bonds is 7. The molecule has 0 amide bonds. The Hall–Kier alpha value is -0.540. The van der Waals surface area contributed by atoms with Crippen molar-refractivity contribution in [2.75, 3.05) is 39.1 Å². The molecular weight excluding hydrogens is 452 g/mol. The zero-order chi connectivity index (χ0) is 17.3. The van der Waals surface area contributed by atoms with Crippen LogP contribution in [0.1, 0.15) is 25.3 Å². The van der Waals surface area contributed by atoms with Gasteiger partial charge in [0.25, 0.3) is 0 Å². The van der Waals surface area contributed by atoms with Gasteiger partial charge in [0.1, 0.15) is 5.82 Å². The van der Waals surface area contributed by atoms with Crippen LogP contribution in [0.5, 0.6) is 0 Å². The SMILES string of the molecule is CCSC1(CNC(=NC)NCCc2ccc(F)cc2)CCOCC1.I. The molecule has 25 heavy (non-hydrogen) atoms. The number of aliphatic imine (C=N–C) groups is 1. The molecule has 1 heterocycles. The standard InChI is InChI=1S/C18H28FN3OS.HI/c1-3-24-18(9-12-23-13-10-18)14-22-17(20-2)21-11-8-15-4-6-16(19)7-5-15;/h4-7H,3,8-14H2,1-2H3,(H2,20,21,22);1H. The third-order valence-electron chi connectivity index (χ3n) is 4.28. The first-order valence-corrected chi connectivity index (χ1v) is 9.57. The van der Waals surface area contributed by atoms with Crippen LogP contribution in [0.15, 0.2) is 29.3 Å². The second kappa shape index (κ2) is 12.0. The molecule has 7 heteroatoms. The Morgan fingerprint density at radius 2 is 1.92 bits per heavy atom. The van der Waals surface area contributed by atoms with E-state index >= 15 is 0 Å². The fraction of sp³-hybridized carbons (Fsp3) is 0.611. The number of nitrogens with zero attached hydrogens (tertiary/aromatic N) is 1. The van der Waals surface area contributed by atoms with Gasteiger partial charge in [0.05, 0.1) is 0 Å². The van der Waals surface area contributed by atoms with Crippen LogP contribution in [0, 0.1) is 5.82 Å². The minimum Gasteiger partial charge on any atom is -0.381 e. The number of thioether (sulfide) groups is 1. The summed E-state index contributed by atoms with van der Waals surface area (Å²) in [6.07, 6.45) is 2.99. The molecule has 142 valence electrons. The van der Waals surface area contributed by atoms with Crippen LogP contribution >= 0.6 is 35.7 Å². The number of nitrogens with one attached hydrogen (secondary N) is 2. The number of halogens is 2. The Morgan fingerprint density at radius 1 is 1.24 bits per heavy atom. The van der Waals surface area contributed by atoms with E-state index in [-0.39, 0.29) is 34.5 Å². The number of hydrogen-bond donors (Lipinski definition) is 2. The molecule has 1 aliphatic rings. The monoisotopic (exact) mass is 481 g/mol. The van der Waals surface area contributed by atoms with Crippen molar-refractivity contribution in [3.05, 3.63) is 35.6 Å². The summed E-state index contributed by atoms with van der Waals surface area (Å²) in [4.78, 5) is 4.30. The van der Waals surface area contributed by atoms with Crippen molar-refractivity contribution in [1.29, 1.82) is 0 Å². The van der Waals surface area contributed by atoms with Gasteiger partial charge in [-0.2, -0.15) is 11.8 Å². The first kappa shape index (κ1) is 22.5. The van der Waals surface area contributed by atoms with Crippen LogP contribution in [-0.4, -0.2) is 49.8 Å². The summed E-state index contributed by atoms with van der Waals surface area (Å²) in [5, 5.41) is 6.80. The van der Waals surface area contributed by atoms with Crippen molar-refractivity contribution >= 4 is 41.7 Å². The molecule has 1 saturated heterocycles. The highest BCUT2D eigenvalue weighted by atomic mass is 127. The van der Waals surface area contributed by atoms with Crippen LogP contribution in [0.3, 0.4) is 0 Å². The molecule has 2 rings (SSSR count). The van der Waals surface area contributed by atoms with E-state index < -0.39 is 0 Å². The average molecular weight is 481 g/mol. The summed E-state index contributed by atoms with van der Waals surface area (Å²) in [7, 11) is 1.79. The van der Waals surface area contributed by atoms with Gasteiger partial charge < -0.3 is 15.4 Å². The molecule has 2 N–H and O–H groups in total. The van der Waals surface area contributed by atoms with Crippen molar-refractivity contribution < 1.29 is 9.13 Å². The van der Waals surface area contributed by atoms with Gasteiger partial charge in [-0.25, -0.2) is 4.39 Å². The minimum atomic E-state index is -0.195. The van der Waals surface area contributed by atoms with Gasteiger partial charge in [0, 0.05) is 38.1 Å². The number of hydrogen-bond acceptors (Lipinski definition) is 3. The van der Waals surface area contributed by atoms with Crippen molar-refractivity contribution in [2.45, 2.75) is 30.9 Å². The fourth-order valence-electron chi connectivity index (χ4n) is 2.86. The van der Waals surface area contributed by atoms with Crippen LogP contribution < -0.4 is 10.6 Å². The molecule has 1 fully saturated rings. The Morgan fingerprint density at radius 3 is 2.52 bits per heavy atom. The lowest BCUT2D eigenvalue weighted by Crippen LogP contribution is -2.48. The van der Waals surface area contributed by atoms with Crippen molar-refractivity contribution in [1.82, 2.24) is 10.6 Å². The fourth-order valence-corrected chi connectivity index (χ4v) is 4.11. The maximum absolute atomic E-state index is 12.9. The van der Waals surface area contributed by atoms with Gasteiger partial charge >= 0.3 is 0 Å². The zero-order valence-electron chi connectivity index (χ0n) is 15.0. The second-order valence-electron chi connectivity index (χ2n) is 5.96. The Kier molecular flexibility index (Phi) is 10.8. The number of ether oxygens (including phenoxy) is 1. The van der Waals surface area contributed by atoms with Gasteiger partial charge in [0.2, 0.25) is 0 Å². The van der Waals surface area contributed by atoms with E-state index in [1.54, 1.807) is 7.05 Å². The molecule has 0 aliphatic carbocycles. The lowest BCUT2D eigenvalue weighted by Gasteiger charge is -2.37. The van der Waals surface area contributed by atoms with Crippen LogP contribution in [0.4, 0.5) is 4.39 Å². The summed E-state index contributed by atoms with van der Waals surface area (Å²) >= 11 is 2.01. The molecule has 1 aliphatic heterocycles. The van der Waals surface area contributed by atoms with Crippen molar-refractivity contribution in [3.8, 4) is 0 Å². The second-order valence-corrected chi connectivity index (χ2v) is 7.69. The molecule has 0 spiro atoms. The smallest absolute Gasteiger partial charge is 0.191 e. The van der Waals surface area contributed by atoms with E-state index in [0.29, 0.717) is 0 Å². The molecule has 1 aromatic rings. The molecule has 0 bridgehead atoms. The molecule has 0 unspecified atom stereocenters.